The summed E-state index contributed by atoms with van der Waals surface area (Å²) in [6.07, 6.45) is 3.18. The highest BCUT2D eigenvalue weighted by Crippen LogP contribution is 1.94. The van der Waals surface area contributed by atoms with Gasteiger partial charge in [0.1, 0.15) is 0 Å². The summed E-state index contributed by atoms with van der Waals surface area (Å²) in [6.45, 7) is 0. The summed E-state index contributed by atoms with van der Waals surface area (Å²) in [4.78, 5) is 0. The van der Waals surface area contributed by atoms with Crippen LogP contribution in [-0.4, -0.2) is 0 Å². The van der Waals surface area contributed by atoms with E-state index in [4.69, 9.17) is 15.8 Å². The molecular formula is C7H5N3. The molecule has 0 unspecified atom stereocenters. The van der Waals surface area contributed by atoms with E-state index in [0.717, 1.165) is 0 Å². The van der Waals surface area contributed by atoms with Gasteiger partial charge in [-0.2, -0.15) is 15.8 Å². The zero-order chi connectivity index (χ0) is 7.82. The van der Waals surface area contributed by atoms with Crippen LogP contribution in [0, 0.1) is 39.9 Å². The molecule has 0 heterocycles. The lowest BCUT2D eigenvalue weighted by Crippen LogP contribution is -1.83. The van der Waals surface area contributed by atoms with Gasteiger partial charge < -0.3 is 0 Å². The van der Waals surface area contributed by atoms with Crippen molar-refractivity contribution in [3.05, 3.63) is 12.2 Å². The summed E-state index contributed by atoms with van der Waals surface area (Å²) in [7, 11) is 0. The number of hydrogen-bond donors (Lipinski definition) is 0. The van der Waals surface area contributed by atoms with Crippen LogP contribution in [0.2, 0.25) is 0 Å². The van der Waals surface area contributed by atoms with Crippen LogP contribution < -0.4 is 0 Å². The van der Waals surface area contributed by atoms with E-state index in [-0.39, 0.29) is 6.42 Å². The first-order valence-corrected chi connectivity index (χ1v) is 2.68. The van der Waals surface area contributed by atoms with Gasteiger partial charge in [0.2, 0.25) is 0 Å². The molecule has 0 fully saturated rings. The lowest BCUT2D eigenvalue weighted by atomic mass is 10.2. The molecule has 3 nitrogen and oxygen atoms in total. The quantitative estimate of drug-likeness (QED) is 0.527. The third kappa shape index (κ3) is 3.24. The van der Waals surface area contributed by atoms with Crippen molar-refractivity contribution in [2.24, 2.45) is 5.92 Å². The standard InChI is InChI=1S/C7H5N3/c8-4-2-1-3-7(5-9)6-10/h1,3,7H,2H2/b3-1+. The zero-order valence-corrected chi connectivity index (χ0v) is 5.28. The summed E-state index contributed by atoms with van der Waals surface area (Å²) < 4.78 is 0. The van der Waals surface area contributed by atoms with Crippen molar-refractivity contribution < 1.29 is 0 Å². The molecule has 0 aromatic rings. The lowest BCUT2D eigenvalue weighted by Gasteiger charge is -1.82. The first-order valence-electron chi connectivity index (χ1n) is 2.68. The van der Waals surface area contributed by atoms with Crippen LogP contribution in [0.1, 0.15) is 6.42 Å². The topological polar surface area (TPSA) is 71.4 Å². The molecule has 48 valence electrons. The Labute approximate surface area is 59.4 Å². The van der Waals surface area contributed by atoms with E-state index < -0.39 is 5.92 Å². The lowest BCUT2D eigenvalue weighted by molar-refractivity contribution is 1.08. The first-order chi connectivity index (χ1) is 4.85. The van der Waals surface area contributed by atoms with Gasteiger partial charge in [-0.15, -0.1) is 0 Å². The molecule has 0 saturated heterocycles. The second kappa shape index (κ2) is 5.35. The second-order valence-electron chi connectivity index (χ2n) is 1.53. The van der Waals surface area contributed by atoms with Gasteiger partial charge in [-0.05, 0) is 0 Å². The van der Waals surface area contributed by atoms with Crippen LogP contribution >= 0.6 is 0 Å². The smallest absolute Gasteiger partial charge is 0.151 e. The Morgan fingerprint density at radius 1 is 1.20 bits per heavy atom. The third-order valence-electron chi connectivity index (χ3n) is 0.816. The Balaban J connectivity index is 3.82. The molecule has 0 atom stereocenters. The Kier molecular flexibility index (Phi) is 4.39. The van der Waals surface area contributed by atoms with Crippen molar-refractivity contribution in [1.82, 2.24) is 0 Å². The van der Waals surface area contributed by atoms with Crippen molar-refractivity contribution in [3.63, 3.8) is 0 Å². The minimum Gasteiger partial charge on any atom is -0.198 e. The molecule has 0 aliphatic carbocycles. The van der Waals surface area contributed by atoms with E-state index in [1.807, 2.05) is 6.07 Å². The molecule has 0 radical (unpaired) electrons. The number of hydrogen-bond acceptors (Lipinski definition) is 3. The van der Waals surface area contributed by atoms with E-state index >= 15 is 0 Å². The van der Waals surface area contributed by atoms with Crippen LogP contribution in [0.5, 0.6) is 0 Å². The number of rotatable bonds is 2. The van der Waals surface area contributed by atoms with Gasteiger partial charge in [-0.3, -0.25) is 0 Å². The third-order valence-corrected chi connectivity index (χ3v) is 0.816. The highest BCUT2D eigenvalue weighted by Gasteiger charge is 1.95. The molecular weight excluding hydrogens is 126 g/mol. The van der Waals surface area contributed by atoms with Gasteiger partial charge in [0.05, 0.1) is 24.6 Å². The Bertz CT molecular complexity index is 219. The van der Waals surface area contributed by atoms with E-state index in [1.165, 1.54) is 12.2 Å². The van der Waals surface area contributed by atoms with Crippen molar-refractivity contribution in [3.8, 4) is 18.2 Å². The first kappa shape index (κ1) is 8.21. The average molecular weight is 131 g/mol. The van der Waals surface area contributed by atoms with Gasteiger partial charge >= 0.3 is 0 Å². The SMILES string of the molecule is N#CC/C=C/C(C#N)C#N. The zero-order valence-electron chi connectivity index (χ0n) is 5.28. The molecule has 0 bridgehead atoms. The van der Waals surface area contributed by atoms with E-state index in [2.05, 4.69) is 0 Å². The summed E-state index contributed by atoms with van der Waals surface area (Å²) >= 11 is 0. The minimum atomic E-state index is -0.714. The Morgan fingerprint density at radius 2 is 1.80 bits per heavy atom. The van der Waals surface area contributed by atoms with Gasteiger partial charge in [-0.1, -0.05) is 12.2 Å². The summed E-state index contributed by atoms with van der Waals surface area (Å²) in [5.74, 6) is -0.714. The largest absolute Gasteiger partial charge is 0.198 e. The van der Waals surface area contributed by atoms with Crippen molar-refractivity contribution >= 4 is 0 Å². The van der Waals surface area contributed by atoms with E-state index in [0.29, 0.717) is 0 Å². The highest BCUT2D eigenvalue weighted by molar-refractivity contribution is 5.12. The van der Waals surface area contributed by atoms with Crippen LogP contribution in [0.3, 0.4) is 0 Å². The maximum Gasteiger partial charge on any atom is 0.151 e. The average Bonchev–Trinajstić information content (AvgIpc) is 1.99. The molecule has 0 aromatic heterocycles. The molecule has 0 aromatic carbocycles. The number of allylic oxidation sites excluding steroid dienone is 2. The van der Waals surface area contributed by atoms with Gasteiger partial charge in [0.15, 0.2) is 5.92 Å². The maximum atomic E-state index is 8.22. The van der Waals surface area contributed by atoms with Crippen LogP contribution in [-0.2, 0) is 0 Å². The Morgan fingerprint density at radius 3 is 2.20 bits per heavy atom. The number of nitrogens with zero attached hydrogens (tertiary/aromatic N) is 3. The molecule has 0 saturated carbocycles. The normalized spacial score (nSPS) is 8.60. The second-order valence-corrected chi connectivity index (χ2v) is 1.53. The fraction of sp³-hybridized carbons (Fsp3) is 0.286. The predicted molar refractivity (Wildman–Crippen MR) is 34.1 cm³/mol. The van der Waals surface area contributed by atoms with Gasteiger partial charge in [0.25, 0.3) is 0 Å². The van der Waals surface area contributed by atoms with Crippen LogP contribution in [0.4, 0.5) is 0 Å². The van der Waals surface area contributed by atoms with E-state index in [9.17, 15) is 0 Å². The molecule has 0 aliphatic heterocycles. The molecule has 0 rings (SSSR count). The fourth-order valence-corrected chi connectivity index (χ4v) is 0.372. The molecule has 3 heteroatoms. The van der Waals surface area contributed by atoms with Gasteiger partial charge in [0, 0.05) is 0 Å². The molecule has 0 spiro atoms. The van der Waals surface area contributed by atoms with Crippen molar-refractivity contribution in [2.75, 3.05) is 0 Å². The highest BCUT2D eigenvalue weighted by atomic mass is 14.3. The minimum absolute atomic E-state index is 0.250. The summed E-state index contributed by atoms with van der Waals surface area (Å²) in [5.41, 5.74) is 0. The summed E-state index contributed by atoms with van der Waals surface area (Å²) in [6, 6.07) is 5.37. The van der Waals surface area contributed by atoms with Crippen molar-refractivity contribution in [1.29, 1.82) is 15.8 Å². The molecule has 0 N–H and O–H groups in total. The molecule has 10 heavy (non-hydrogen) atoms. The molecule has 0 aliphatic rings. The van der Waals surface area contributed by atoms with Gasteiger partial charge in [-0.25, -0.2) is 0 Å². The summed E-state index contributed by atoms with van der Waals surface area (Å²) in [5, 5.41) is 24.5. The van der Waals surface area contributed by atoms with Crippen LogP contribution in [0.25, 0.3) is 0 Å². The van der Waals surface area contributed by atoms with Crippen molar-refractivity contribution in [2.45, 2.75) is 6.42 Å². The fourth-order valence-electron chi connectivity index (χ4n) is 0.372. The Hall–Kier alpha value is -1.79. The predicted octanol–water partition coefficient (Wildman–Crippen LogP) is 1.12. The molecule has 0 amide bonds. The number of nitriles is 3. The maximum absolute atomic E-state index is 8.22. The monoisotopic (exact) mass is 131 g/mol. The van der Waals surface area contributed by atoms with Crippen LogP contribution in [0.15, 0.2) is 12.2 Å². The van der Waals surface area contributed by atoms with E-state index in [1.54, 1.807) is 12.1 Å².